The fourth-order valence-electron chi connectivity index (χ4n) is 2.39. The van der Waals surface area contributed by atoms with Crippen LogP contribution < -0.4 is 16.0 Å². The summed E-state index contributed by atoms with van der Waals surface area (Å²) in [5, 5.41) is 1.83. The van der Waals surface area contributed by atoms with E-state index in [1.807, 2.05) is 36.5 Å². The molecule has 1 aliphatic rings. The van der Waals surface area contributed by atoms with Gasteiger partial charge in [-0.2, -0.15) is 0 Å². The Labute approximate surface area is 138 Å². The summed E-state index contributed by atoms with van der Waals surface area (Å²) in [6.45, 7) is 3.45. The third kappa shape index (κ3) is 4.09. The molecule has 1 saturated heterocycles. The van der Waals surface area contributed by atoms with Crippen LogP contribution >= 0.6 is 0 Å². The first-order valence-corrected chi connectivity index (χ1v) is 7.45. The summed E-state index contributed by atoms with van der Waals surface area (Å²) in [6, 6.07) is 6.35. The number of urea groups is 1. The molecule has 2 atom stereocenters. The maximum Gasteiger partial charge on any atom is 0.318 e. The number of hydrogen-bond donors (Lipinski definition) is 2. The molecule has 1 aliphatic heterocycles. The summed E-state index contributed by atoms with van der Waals surface area (Å²) in [5.74, 6) is -2.32. The molecule has 3 N–H and O–H groups in total. The number of carbonyl (C=O) groups is 4. The van der Waals surface area contributed by atoms with Gasteiger partial charge in [-0.05, 0) is 26.0 Å². The van der Waals surface area contributed by atoms with Crippen molar-refractivity contribution < 1.29 is 23.9 Å². The number of nitrogens with one attached hydrogen (secondary N) is 1. The third-order valence-corrected chi connectivity index (χ3v) is 3.71. The lowest BCUT2D eigenvalue weighted by Gasteiger charge is -2.17. The zero-order chi connectivity index (χ0) is 17.9. The Hall–Kier alpha value is -2.90. The summed E-state index contributed by atoms with van der Waals surface area (Å²) < 4.78 is 5.01. The molecular formula is C16H19N3O5. The first-order chi connectivity index (χ1) is 11.3. The molecule has 1 fully saturated rings. The van der Waals surface area contributed by atoms with Crippen LogP contribution in [0.4, 0.5) is 10.5 Å². The molecule has 1 aromatic rings. The van der Waals surface area contributed by atoms with Crippen LogP contribution in [0.15, 0.2) is 24.3 Å². The van der Waals surface area contributed by atoms with Crippen molar-refractivity contribution in [2.24, 2.45) is 11.7 Å². The number of nitrogens with zero attached hydrogens (tertiary/aromatic N) is 1. The molecule has 0 saturated carbocycles. The van der Waals surface area contributed by atoms with E-state index in [0.717, 1.165) is 5.56 Å². The van der Waals surface area contributed by atoms with Crippen molar-refractivity contribution in [2.75, 3.05) is 11.4 Å². The maximum absolute atomic E-state index is 12.1. The summed E-state index contributed by atoms with van der Waals surface area (Å²) in [5.41, 5.74) is 6.61. The number of primary amides is 1. The molecule has 0 aliphatic carbocycles. The van der Waals surface area contributed by atoms with E-state index in [1.165, 1.54) is 11.8 Å². The standard InChI is InChI=1S/C16H19N3O5/c1-9-3-5-12(6-4-9)19-8-11(7-13(19)20)15(22)24-10(2)14(21)18-16(17)23/h3-6,10-11H,7-8H2,1-2H3,(H3,17,18,21,23)/t10-,11+/m1/s1. The Balaban J connectivity index is 1.97. The van der Waals surface area contributed by atoms with E-state index >= 15 is 0 Å². The number of nitrogens with two attached hydrogens (primary N) is 1. The van der Waals surface area contributed by atoms with Crippen molar-refractivity contribution in [1.82, 2.24) is 5.32 Å². The molecule has 0 spiro atoms. The van der Waals surface area contributed by atoms with Crippen LogP contribution in [0.3, 0.4) is 0 Å². The van der Waals surface area contributed by atoms with Crippen LogP contribution in [0.2, 0.25) is 0 Å². The Morgan fingerprint density at radius 1 is 1.29 bits per heavy atom. The lowest BCUT2D eigenvalue weighted by atomic mass is 10.1. The number of imide groups is 1. The summed E-state index contributed by atoms with van der Waals surface area (Å²) in [7, 11) is 0. The highest BCUT2D eigenvalue weighted by Gasteiger charge is 2.37. The van der Waals surface area contributed by atoms with Crippen molar-refractivity contribution >= 4 is 29.5 Å². The van der Waals surface area contributed by atoms with Gasteiger partial charge in [0.25, 0.3) is 5.91 Å². The zero-order valence-corrected chi connectivity index (χ0v) is 13.4. The Morgan fingerprint density at radius 2 is 1.92 bits per heavy atom. The average molecular weight is 333 g/mol. The molecule has 4 amide bonds. The molecular weight excluding hydrogens is 314 g/mol. The third-order valence-electron chi connectivity index (χ3n) is 3.71. The van der Waals surface area contributed by atoms with Gasteiger partial charge in [0.15, 0.2) is 6.10 Å². The highest BCUT2D eigenvalue weighted by molar-refractivity contribution is 6.00. The largest absolute Gasteiger partial charge is 0.452 e. The van der Waals surface area contributed by atoms with Gasteiger partial charge in [0.1, 0.15) is 0 Å². The molecule has 0 aromatic heterocycles. The van der Waals surface area contributed by atoms with E-state index in [9.17, 15) is 19.2 Å². The van der Waals surface area contributed by atoms with Gasteiger partial charge in [-0.25, -0.2) is 4.79 Å². The Kier molecular flexibility index (Phi) is 5.18. The minimum Gasteiger partial charge on any atom is -0.452 e. The highest BCUT2D eigenvalue weighted by atomic mass is 16.5. The molecule has 1 aromatic carbocycles. The van der Waals surface area contributed by atoms with Gasteiger partial charge in [0.05, 0.1) is 5.92 Å². The number of amides is 4. The first-order valence-electron chi connectivity index (χ1n) is 7.45. The first kappa shape index (κ1) is 17.5. The molecule has 128 valence electrons. The number of rotatable bonds is 4. The second-order valence-corrected chi connectivity index (χ2v) is 5.67. The minimum atomic E-state index is -1.17. The topological polar surface area (TPSA) is 119 Å². The fourth-order valence-corrected chi connectivity index (χ4v) is 2.39. The zero-order valence-electron chi connectivity index (χ0n) is 13.4. The van der Waals surface area contributed by atoms with E-state index in [-0.39, 0.29) is 18.9 Å². The predicted molar refractivity (Wildman–Crippen MR) is 84.9 cm³/mol. The number of anilines is 1. The molecule has 8 heteroatoms. The van der Waals surface area contributed by atoms with Gasteiger partial charge in [0.2, 0.25) is 5.91 Å². The summed E-state index contributed by atoms with van der Waals surface area (Å²) in [4.78, 5) is 47.9. The lowest BCUT2D eigenvalue weighted by molar-refractivity contribution is -0.158. The summed E-state index contributed by atoms with van der Waals surface area (Å²) in [6.07, 6.45) is -1.16. The monoisotopic (exact) mass is 333 g/mol. The number of esters is 1. The van der Waals surface area contributed by atoms with E-state index in [0.29, 0.717) is 5.69 Å². The number of benzene rings is 1. The van der Waals surface area contributed by atoms with Crippen LogP contribution in [0.5, 0.6) is 0 Å². The normalized spacial score (nSPS) is 18.2. The van der Waals surface area contributed by atoms with Gasteiger partial charge in [-0.1, -0.05) is 17.7 Å². The quantitative estimate of drug-likeness (QED) is 0.777. The average Bonchev–Trinajstić information content (AvgIpc) is 2.89. The van der Waals surface area contributed by atoms with Crippen LogP contribution in [-0.4, -0.2) is 36.5 Å². The number of hydrogen-bond acceptors (Lipinski definition) is 5. The number of carbonyl (C=O) groups excluding carboxylic acids is 4. The van der Waals surface area contributed by atoms with Crippen molar-refractivity contribution in [1.29, 1.82) is 0 Å². The van der Waals surface area contributed by atoms with Crippen molar-refractivity contribution in [3.05, 3.63) is 29.8 Å². The van der Waals surface area contributed by atoms with Crippen LogP contribution in [0.1, 0.15) is 18.9 Å². The minimum absolute atomic E-state index is 0.0108. The Morgan fingerprint density at radius 3 is 2.50 bits per heavy atom. The SMILES string of the molecule is Cc1ccc(N2C[C@@H](C(=O)O[C@H](C)C(=O)NC(N)=O)CC2=O)cc1. The van der Waals surface area contributed by atoms with E-state index in [2.05, 4.69) is 0 Å². The molecule has 8 nitrogen and oxygen atoms in total. The maximum atomic E-state index is 12.1. The highest BCUT2D eigenvalue weighted by Crippen LogP contribution is 2.26. The van der Waals surface area contributed by atoms with Crippen molar-refractivity contribution in [2.45, 2.75) is 26.4 Å². The smallest absolute Gasteiger partial charge is 0.318 e. The van der Waals surface area contributed by atoms with E-state index in [4.69, 9.17) is 10.5 Å². The van der Waals surface area contributed by atoms with E-state index in [1.54, 1.807) is 0 Å². The van der Waals surface area contributed by atoms with Crippen molar-refractivity contribution in [3.8, 4) is 0 Å². The second kappa shape index (κ2) is 7.12. The molecule has 24 heavy (non-hydrogen) atoms. The lowest BCUT2D eigenvalue weighted by Crippen LogP contribution is -2.42. The summed E-state index contributed by atoms with van der Waals surface area (Å²) >= 11 is 0. The molecule has 0 radical (unpaired) electrons. The van der Waals surface area contributed by atoms with Gasteiger partial charge in [0, 0.05) is 18.7 Å². The molecule has 2 rings (SSSR count). The molecule has 0 unspecified atom stereocenters. The van der Waals surface area contributed by atoms with Gasteiger partial charge in [-0.15, -0.1) is 0 Å². The van der Waals surface area contributed by atoms with E-state index < -0.39 is 29.9 Å². The molecule has 1 heterocycles. The van der Waals surface area contributed by atoms with Gasteiger partial charge < -0.3 is 15.4 Å². The second-order valence-electron chi connectivity index (χ2n) is 5.67. The van der Waals surface area contributed by atoms with Crippen molar-refractivity contribution in [3.63, 3.8) is 0 Å². The van der Waals surface area contributed by atoms with Gasteiger partial charge in [-0.3, -0.25) is 19.7 Å². The Bertz CT molecular complexity index is 671. The molecule has 0 bridgehead atoms. The number of ether oxygens (including phenoxy) is 1. The fraction of sp³-hybridized carbons (Fsp3) is 0.375. The predicted octanol–water partition coefficient (Wildman–Crippen LogP) is 0.475. The number of aryl methyl sites for hydroxylation is 1. The van der Waals surface area contributed by atoms with Crippen LogP contribution in [-0.2, 0) is 19.1 Å². The van der Waals surface area contributed by atoms with Crippen LogP contribution in [0.25, 0.3) is 0 Å². The van der Waals surface area contributed by atoms with Crippen LogP contribution in [0, 0.1) is 12.8 Å². The van der Waals surface area contributed by atoms with Gasteiger partial charge >= 0.3 is 12.0 Å².